The Morgan fingerprint density at radius 3 is 2.65 bits per heavy atom. The van der Waals surface area contributed by atoms with Gasteiger partial charge in [-0.05, 0) is 20.0 Å². The second-order valence-electron chi connectivity index (χ2n) is 4.79. The Morgan fingerprint density at radius 1 is 1.53 bits per heavy atom. The number of halogens is 1. The van der Waals surface area contributed by atoms with E-state index in [0.717, 1.165) is 18.8 Å². The molecule has 17 heavy (non-hydrogen) atoms. The second-order valence-corrected chi connectivity index (χ2v) is 5.20. The van der Waals surface area contributed by atoms with E-state index in [0.29, 0.717) is 10.9 Å². The van der Waals surface area contributed by atoms with Crippen LogP contribution in [0.25, 0.3) is 0 Å². The number of hydrazine groups is 1. The number of rotatable bonds is 6. The zero-order valence-corrected chi connectivity index (χ0v) is 11.7. The molecule has 1 heterocycles. The molecule has 0 amide bonds. The van der Waals surface area contributed by atoms with Crippen LogP contribution in [0, 0.1) is 5.92 Å². The third-order valence-corrected chi connectivity index (χ3v) is 3.02. The van der Waals surface area contributed by atoms with Crippen molar-refractivity contribution in [2.45, 2.75) is 26.4 Å². The van der Waals surface area contributed by atoms with Crippen LogP contribution in [0.15, 0.2) is 6.20 Å². The number of nitrogens with one attached hydrogen (secondary N) is 1. The van der Waals surface area contributed by atoms with Gasteiger partial charge in [-0.15, -0.1) is 0 Å². The molecule has 98 valence electrons. The Balaban J connectivity index is 2.92. The molecule has 1 unspecified atom stereocenters. The van der Waals surface area contributed by atoms with E-state index >= 15 is 0 Å². The highest BCUT2D eigenvalue weighted by Crippen LogP contribution is 2.27. The van der Waals surface area contributed by atoms with Gasteiger partial charge >= 0.3 is 0 Å². The van der Waals surface area contributed by atoms with Gasteiger partial charge in [0.15, 0.2) is 0 Å². The molecule has 3 N–H and O–H groups in total. The molecule has 0 spiro atoms. The van der Waals surface area contributed by atoms with E-state index in [1.54, 1.807) is 6.20 Å². The van der Waals surface area contributed by atoms with E-state index in [4.69, 9.17) is 17.4 Å². The summed E-state index contributed by atoms with van der Waals surface area (Å²) in [5, 5.41) is 4.97. The predicted molar refractivity (Wildman–Crippen MR) is 70.7 cm³/mol. The molecule has 0 radical (unpaired) electrons. The van der Waals surface area contributed by atoms with Gasteiger partial charge in [-0.2, -0.15) is 5.10 Å². The average molecular weight is 260 g/mol. The fraction of sp³-hybridized carbons (Fsp3) is 0.727. The lowest BCUT2D eigenvalue weighted by Crippen LogP contribution is -2.34. The van der Waals surface area contributed by atoms with Crippen molar-refractivity contribution < 1.29 is 0 Å². The highest BCUT2D eigenvalue weighted by atomic mass is 35.5. The van der Waals surface area contributed by atoms with Gasteiger partial charge in [-0.3, -0.25) is 16.0 Å². The minimum Gasteiger partial charge on any atom is -0.308 e. The van der Waals surface area contributed by atoms with Crippen molar-refractivity contribution in [2.24, 2.45) is 11.8 Å². The normalized spacial score (nSPS) is 13.6. The molecule has 0 saturated carbocycles. The number of nitrogens with two attached hydrogens (primary N) is 1. The fourth-order valence-electron chi connectivity index (χ4n) is 1.74. The first-order chi connectivity index (χ1) is 7.97. The number of likely N-dealkylation sites (N-methyl/N-ethyl adjacent to an activating group) is 1. The molecule has 0 aliphatic heterocycles. The monoisotopic (exact) mass is 259 g/mol. The van der Waals surface area contributed by atoms with E-state index in [1.165, 1.54) is 0 Å². The zero-order valence-electron chi connectivity index (χ0n) is 10.9. The summed E-state index contributed by atoms with van der Waals surface area (Å²) >= 11 is 6.19. The van der Waals surface area contributed by atoms with E-state index in [-0.39, 0.29) is 6.04 Å². The number of hydrogen-bond donors (Lipinski definition) is 2. The molecule has 0 aliphatic carbocycles. The Labute approximate surface area is 108 Å². The van der Waals surface area contributed by atoms with Crippen LogP contribution in [-0.2, 0) is 6.54 Å². The largest absolute Gasteiger partial charge is 0.308 e. The Bertz CT molecular complexity index is 348. The molecule has 1 rings (SSSR count). The van der Waals surface area contributed by atoms with Gasteiger partial charge < -0.3 is 4.90 Å². The van der Waals surface area contributed by atoms with Crippen molar-refractivity contribution in [1.29, 1.82) is 0 Å². The highest BCUT2D eigenvalue weighted by molar-refractivity contribution is 6.31. The summed E-state index contributed by atoms with van der Waals surface area (Å²) in [6.07, 6.45) is 1.68. The molecule has 6 heteroatoms. The van der Waals surface area contributed by atoms with E-state index in [9.17, 15) is 0 Å². The minimum absolute atomic E-state index is 0.0205. The third kappa shape index (κ3) is 3.67. The molecule has 5 nitrogen and oxygen atoms in total. The average Bonchev–Trinajstić information content (AvgIpc) is 2.59. The lowest BCUT2D eigenvalue weighted by Gasteiger charge is -2.22. The summed E-state index contributed by atoms with van der Waals surface area (Å²) in [6, 6.07) is 0.0205. The minimum atomic E-state index is 0.0205. The highest BCUT2D eigenvalue weighted by Gasteiger charge is 2.22. The molecule has 1 atom stereocenters. The quantitative estimate of drug-likeness (QED) is 0.597. The molecule has 0 aliphatic rings. The maximum Gasteiger partial charge on any atom is 0.0834 e. The summed E-state index contributed by atoms with van der Waals surface area (Å²) in [6.45, 7) is 5.93. The molecule has 1 aromatic heterocycles. The molecule has 0 aromatic carbocycles. The Kier molecular flexibility index (Phi) is 5.39. The molecular formula is C11H22ClN5. The van der Waals surface area contributed by atoms with Crippen molar-refractivity contribution in [1.82, 2.24) is 20.1 Å². The lowest BCUT2D eigenvalue weighted by molar-refractivity contribution is 0.346. The van der Waals surface area contributed by atoms with E-state index in [2.05, 4.69) is 29.3 Å². The SMILES string of the molecule is CC(C)C(NN)c1c(Cl)cnn1CCN(C)C. The summed E-state index contributed by atoms with van der Waals surface area (Å²) in [7, 11) is 4.07. The van der Waals surface area contributed by atoms with Gasteiger partial charge in [-0.25, -0.2) is 0 Å². The Hall–Kier alpha value is -0.620. The van der Waals surface area contributed by atoms with Crippen molar-refractivity contribution in [3.05, 3.63) is 16.9 Å². The Morgan fingerprint density at radius 2 is 2.18 bits per heavy atom. The van der Waals surface area contributed by atoms with Crippen LogP contribution in [0.2, 0.25) is 5.02 Å². The fourth-order valence-corrected chi connectivity index (χ4v) is 2.00. The first kappa shape index (κ1) is 14.4. The van der Waals surface area contributed by atoms with Gasteiger partial charge in [0.25, 0.3) is 0 Å². The van der Waals surface area contributed by atoms with Crippen LogP contribution in [0.1, 0.15) is 25.6 Å². The summed E-state index contributed by atoms with van der Waals surface area (Å²) in [5.74, 6) is 5.95. The number of nitrogens with zero attached hydrogens (tertiary/aromatic N) is 3. The van der Waals surface area contributed by atoms with Gasteiger partial charge in [0.05, 0.1) is 29.5 Å². The predicted octanol–water partition coefficient (Wildman–Crippen LogP) is 1.26. The summed E-state index contributed by atoms with van der Waals surface area (Å²) < 4.78 is 1.92. The molecule has 1 aromatic rings. The first-order valence-electron chi connectivity index (χ1n) is 5.79. The summed E-state index contributed by atoms with van der Waals surface area (Å²) in [4.78, 5) is 2.11. The van der Waals surface area contributed by atoms with Crippen molar-refractivity contribution in [3.8, 4) is 0 Å². The number of hydrogen-bond acceptors (Lipinski definition) is 4. The van der Waals surface area contributed by atoms with E-state index < -0.39 is 0 Å². The van der Waals surface area contributed by atoms with Crippen LogP contribution >= 0.6 is 11.6 Å². The third-order valence-electron chi connectivity index (χ3n) is 2.73. The molecule has 0 fully saturated rings. The van der Waals surface area contributed by atoms with Crippen molar-refractivity contribution in [3.63, 3.8) is 0 Å². The van der Waals surface area contributed by atoms with Crippen LogP contribution in [0.4, 0.5) is 0 Å². The van der Waals surface area contributed by atoms with E-state index in [1.807, 2.05) is 18.8 Å². The summed E-state index contributed by atoms with van der Waals surface area (Å²) in [5.41, 5.74) is 3.78. The van der Waals surface area contributed by atoms with Gasteiger partial charge in [0, 0.05) is 6.54 Å². The molecule has 0 bridgehead atoms. The topological polar surface area (TPSA) is 59.1 Å². The zero-order chi connectivity index (χ0) is 13.0. The smallest absolute Gasteiger partial charge is 0.0834 e. The van der Waals surface area contributed by atoms with Gasteiger partial charge in [-0.1, -0.05) is 25.4 Å². The van der Waals surface area contributed by atoms with Crippen LogP contribution in [0.5, 0.6) is 0 Å². The second kappa shape index (κ2) is 6.35. The van der Waals surface area contributed by atoms with Crippen LogP contribution < -0.4 is 11.3 Å². The number of aromatic nitrogens is 2. The van der Waals surface area contributed by atoms with Gasteiger partial charge in [0.1, 0.15) is 0 Å². The lowest BCUT2D eigenvalue weighted by atomic mass is 10.0. The van der Waals surface area contributed by atoms with Crippen molar-refractivity contribution >= 4 is 11.6 Å². The first-order valence-corrected chi connectivity index (χ1v) is 6.17. The van der Waals surface area contributed by atoms with Gasteiger partial charge in [0.2, 0.25) is 0 Å². The van der Waals surface area contributed by atoms with Crippen LogP contribution in [0.3, 0.4) is 0 Å². The maximum absolute atomic E-state index is 6.19. The standard InChI is InChI=1S/C11H22ClN5/c1-8(2)10(15-13)11-9(12)7-14-17(11)6-5-16(3)4/h7-8,10,15H,5-6,13H2,1-4H3. The van der Waals surface area contributed by atoms with Crippen LogP contribution in [-0.4, -0.2) is 35.3 Å². The molecule has 0 saturated heterocycles. The maximum atomic E-state index is 6.19. The molecular weight excluding hydrogens is 238 g/mol. The van der Waals surface area contributed by atoms with Crippen molar-refractivity contribution in [2.75, 3.05) is 20.6 Å².